The van der Waals surface area contributed by atoms with Crippen molar-refractivity contribution in [3.8, 4) is 0 Å². The van der Waals surface area contributed by atoms with Gasteiger partial charge in [-0.1, -0.05) is 30.3 Å². The van der Waals surface area contributed by atoms with Gasteiger partial charge in [0.1, 0.15) is 5.69 Å². The maximum absolute atomic E-state index is 12.7. The molecule has 0 aliphatic carbocycles. The fourth-order valence-corrected chi connectivity index (χ4v) is 3.39. The molecule has 0 spiro atoms. The molecule has 6 heteroatoms. The number of carbonyl (C=O) groups excluding carboxylic acids is 2. The topological polar surface area (TPSA) is 88.3 Å². The number of hydrogen-bond acceptors (Lipinski definition) is 3. The third-order valence-electron chi connectivity index (χ3n) is 4.69. The Bertz CT molecular complexity index is 761. The monoisotopic (exact) mass is 338 g/mol. The van der Waals surface area contributed by atoms with Gasteiger partial charge in [0.25, 0.3) is 5.91 Å². The number of nitrogens with one attached hydrogen (secondary N) is 1. The number of anilines is 1. The van der Waals surface area contributed by atoms with E-state index in [-0.39, 0.29) is 17.3 Å². The maximum atomic E-state index is 12.7. The molecule has 3 amide bonds. The molecule has 0 bridgehead atoms. The van der Waals surface area contributed by atoms with Crippen molar-refractivity contribution in [1.82, 2.24) is 9.88 Å². The molecule has 1 atom stereocenters. The van der Waals surface area contributed by atoms with Gasteiger partial charge < -0.3 is 16.0 Å². The lowest BCUT2D eigenvalue weighted by atomic mass is 9.90. The summed E-state index contributed by atoms with van der Waals surface area (Å²) < 4.78 is 0. The van der Waals surface area contributed by atoms with E-state index in [4.69, 9.17) is 5.73 Å². The summed E-state index contributed by atoms with van der Waals surface area (Å²) in [5.74, 6) is -0.590. The van der Waals surface area contributed by atoms with E-state index in [2.05, 4.69) is 29.4 Å². The standard InChI is InChI=1S/C19H22N4O2/c1-19(12-14-6-3-2-4-7-14)10-5-11-23(19)18(25)22-15-8-9-16(17(20)24)21-13-15/h2-4,6-9,13H,5,10-12H2,1H3,(H2,20,24)(H,22,25)/t19-/m0/s1. The molecule has 1 fully saturated rings. The van der Waals surface area contributed by atoms with Gasteiger partial charge in [-0.3, -0.25) is 4.79 Å². The predicted molar refractivity (Wildman–Crippen MR) is 96.3 cm³/mol. The van der Waals surface area contributed by atoms with Crippen LogP contribution >= 0.6 is 0 Å². The number of primary amides is 1. The Morgan fingerprint density at radius 1 is 1.24 bits per heavy atom. The highest BCUT2D eigenvalue weighted by molar-refractivity contribution is 5.92. The Morgan fingerprint density at radius 3 is 2.64 bits per heavy atom. The number of likely N-dealkylation sites (tertiary alicyclic amines) is 1. The summed E-state index contributed by atoms with van der Waals surface area (Å²) in [6.45, 7) is 2.85. The molecule has 130 valence electrons. The Labute approximate surface area is 147 Å². The molecule has 1 aromatic carbocycles. The first-order valence-corrected chi connectivity index (χ1v) is 8.36. The SMILES string of the molecule is C[C@@]1(Cc2ccccc2)CCCN1C(=O)Nc1ccc(C(N)=O)nc1. The number of nitrogens with zero attached hydrogens (tertiary/aromatic N) is 2. The van der Waals surface area contributed by atoms with Crippen LogP contribution in [-0.4, -0.2) is 33.9 Å². The van der Waals surface area contributed by atoms with E-state index in [1.807, 2.05) is 23.1 Å². The van der Waals surface area contributed by atoms with Crippen LogP contribution in [0.15, 0.2) is 48.7 Å². The smallest absolute Gasteiger partial charge is 0.322 e. The molecule has 6 nitrogen and oxygen atoms in total. The fourth-order valence-electron chi connectivity index (χ4n) is 3.39. The molecular weight excluding hydrogens is 316 g/mol. The predicted octanol–water partition coefficient (Wildman–Crippen LogP) is 2.81. The number of hydrogen-bond donors (Lipinski definition) is 2. The Balaban J connectivity index is 1.70. The second kappa shape index (κ2) is 6.93. The summed E-state index contributed by atoms with van der Waals surface area (Å²) in [5, 5.41) is 2.86. The summed E-state index contributed by atoms with van der Waals surface area (Å²) in [5.41, 5.74) is 6.90. The van der Waals surface area contributed by atoms with Crippen LogP contribution in [0.3, 0.4) is 0 Å². The van der Waals surface area contributed by atoms with Crippen LogP contribution in [0.5, 0.6) is 0 Å². The minimum Gasteiger partial charge on any atom is -0.364 e. The maximum Gasteiger partial charge on any atom is 0.322 e. The molecule has 1 saturated heterocycles. The second-order valence-corrected chi connectivity index (χ2v) is 6.64. The van der Waals surface area contributed by atoms with Gasteiger partial charge in [-0.15, -0.1) is 0 Å². The summed E-state index contributed by atoms with van der Waals surface area (Å²) in [6, 6.07) is 13.2. The minimum absolute atomic E-state index is 0.149. The van der Waals surface area contributed by atoms with Crippen molar-refractivity contribution in [2.75, 3.05) is 11.9 Å². The largest absolute Gasteiger partial charge is 0.364 e. The van der Waals surface area contributed by atoms with Gasteiger partial charge in [-0.25, -0.2) is 9.78 Å². The van der Waals surface area contributed by atoms with E-state index in [1.54, 1.807) is 6.07 Å². The van der Waals surface area contributed by atoms with Crippen LogP contribution in [0.2, 0.25) is 0 Å². The minimum atomic E-state index is -0.590. The zero-order chi connectivity index (χ0) is 17.9. The van der Waals surface area contributed by atoms with Crippen LogP contribution in [0.4, 0.5) is 10.5 Å². The molecule has 0 saturated carbocycles. The number of amides is 3. The highest BCUT2D eigenvalue weighted by Crippen LogP contribution is 2.32. The van der Waals surface area contributed by atoms with E-state index in [0.29, 0.717) is 5.69 Å². The summed E-state index contributed by atoms with van der Waals surface area (Å²) in [7, 11) is 0. The highest BCUT2D eigenvalue weighted by atomic mass is 16.2. The Hall–Kier alpha value is -2.89. The number of urea groups is 1. The van der Waals surface area contributed by atoms with Gasteiger partial charge in [-0.05, 0) is 43.9 Å². The molecule has 25 heavy (non-hydrogen) atoms. The molecule has 1 aliphatic rings. The number of carbonyl (C=O) groups is 2. The molecule has 0 radical (unpaired) electrons. The van der Waals surface area contributed by atoms with Crippen molar-refractivity contribution in [1.29, 1.82) is 0 Å². The van der Waals surface area contributed by atoms with Gasteiger partial charge in [0.05, 0.1) is 11.9 Å². The number of aromatic nitrogens is 1. The van der Waals surface area contributed by atoms with E-state index in [9.17, 15) is 9.59 Å². The normalized spacial score (nSPS) is 19.6. The van der Waals surface area contributed by atoms with E-state index in [1.165, 1.54) is 17.8 Å². The van der Waals surface area contributed by atoms with E-state index >= 15 is 0 Å². The first-order chi connectivity index (χ1) is 12.0. The third-order valence-corrected chi connectivity index (χ3v) is 4.69. The number of nitrogens with two attached hydrogens (primary N) is 1. The molecule has 2 aromatic rings. The summed E-state index contributed by atoms with van der Waals surface area (Å²) >= 11 is 0. The molecule has 1 aromatic heterocycles. The van der Waals surface area contributed by atoms with Gasteiger partial charge in [0.15, 0.2) is 0 Å². The second-order valence-electron chi connectivity index (χ2n) is 6.64. The van der Waals surface area contributed by atoms with E-state index < -0.39 is 5.91 Å². The lowest BCUT2D eigenvalue weighted by Gasteiger charge is -2.35. The zero-order valence-corrected chi connectivity index (χ0v) is 14.2. The van der Waals surface area contributed by atoms with Crippen LogP contribution in [0, 0.1) is 0 Å². The third kappa shape index (κ3) is 3.79. The molecule has 3 rings (SSSR count). The van der Waals surface area contributed by atoms with Crippen molar-refractivity contribution in [3.63, 3.8) is 0 Å². The Kier molecular flexibility index (Phi) is 4.70. The van der Waals surface area contributed by atoms with Gasteiger partial charge in [0.2, 0.25) is 0 Å². The first kappa shape index (κ1) is 17.0. The van der Waals surface area contributed by atoms with Crippen LogP contribution in [-0.2, 0) is 6.42 Å². The van der Waals surface area contributed by atoms with Crippen molar-refractivity contribution < 1.29 is 9.59 Å². The quantitative estimate of drug-likeness (QED) is 0.898. The van der Waals surface area contributed by atoms with Crippen molar-refractivity contribution in [2.24, 2.45) is 5.73 Å². The number of rotatable bonds is 4. The summed E-state index contributed by atoms with van der Waals surface area (Å²) in [6.07, 6.45) is 4.21. The van der Waals surface area contributed by atoms with Crippen LogP contribution < -0.4 is 11.1 Å². The average molecular weight is 338 g/mol. The lowest BCUT2D eigenvalue weighted by molar-refractivity contribution is 0.0995. The van der Waals surface area contributed by atoms with E-state index in [0.717, 1.165) is 25.8 Å². The Morgan fingerprint density at radius 2 is 2.00 bits per heavy atom. The van der Waals surface area contributed by atoms with Crippen molar-refractivity contribution >= 4 is 17.6 Å². The molecule has 0 unspecified atom stereocenters. The van der Waals surface area contributed by atoms with Crippen molar-refractivity contribution in [2.45, 2.75) is 31.7 Å². The summed E-state index contributed by atoms with van der Waals surface area (Å²) in [4.78, 5) is 29.6. The van der Waals surface area contributed by atoms with Gasteiger partial charge in [-0.2, -0.15) is 0 Å². The van der Waals surface area contributed by atoms with Crippen molar-refractivity contribution in [3.05, 3.63) is 59.9 Å². The number of pyridine rings is 1. The molecule has 1 aliphatic heterocycles. The van der Waals surface area contributed by atoms with Crippen LogP contribution in [0.25, 0.3) is 0 Å². The average Bonchev–Trinajstić information content (AvgIpc) is 2.97. The van der Waals surface area contributed by atoms with Gasteiger partial charge >= 0.3 is 6.03 Å². The first-order valence-electron chi connectivity index (χ1n) is 8.36. The highest BCUT2D eigenvalue weighted by Gasteiger charge is 2.39. The molecular formula is C19H22N4O2. The number of benzene rings is 1. The molecule has 3 N–H and O–H groups in total. The van der Waals surface area contributed by atoms with Gasteiger partial charge in [0, 0.05) is 12.1 Å². The molecule has 2 heterocycles. The lowest BCUT2D eigenvalue weighted by Crippen LogP contribution is -2.48. The zero-order valence-electron chi connectivity index (χ0n) is 14.2. The van der Waals surface area contributed by atoms with Crippen LogP contribution in [0.1, 0.15) is 35.8 Å². The fraction of sp³-hybridized carbons (Fsp3) is 0.316.